The molecule has 0 spiro atoms. The smallest absolute Gasteiger partial charge is 0.0781 e. The lowest BCUT2D eigenvalue weighted by Gasteiger charge is -2.39. The molecule has 15 heavy (non-hydrogen) atoms. The van der Waals surface area contributed by atoms with Gasteiger partial charge in [-0.1, -0.05) is 17.7 Å². The topological polar surface area (TPSA) is 29.5 Å². The Morgan fingerprint density at radius 3 is 2.47 bits per heavy atom. The van der Waals surface area contributed by atoms with E-state index in [4.69, 9.17) is 4.18 Å². The Morgan fingerprint density at radius 1 is 1.33 bits per heavy atom. The van der Waals surface area contributed by atoms with E-state index in [1.165, 1.54) is 17.6 Å². The molecule has 1 aliphatic carbocycles. The average molecular weight is 224 g/mol. The van der Waals surface area contributed by atoms with Gasteiger partial charge in [0.2, 0.25) is 0 Å². The zero-order chi connectivity index (χ0) is 10.9. The van der Waals surface area contributed by atoms with Gasteiger partial charge < -0.3 is 9.29 Å². The Balaban J connectivity index is 1.77. The van der Waals surface area contributed by atoms with E-state index in [-0.39, 0.29) is 6.10 Å². The monoisotopic (exact) mass is 224 g/mol. The van der Waals surface area contributed by atoms with Crippen molar-refractivity contribution in [3.8, 4) is 0 Å². The van der Waals surface area contributed by atoms with E-state index in [2.05, 4.69) is 31.2 Å². The number of hydrogen-bond acceptors (Lipinski definition) is 3. The second kappa shape index (κ2) is 4.16. The number of rotatable bonds is 3. The maximum atomic E-state index is 9.53. The van der Waals surface area contributed by atoms with Gasteiger partial charge in [0.1, 0.15) is 0 Å². The molecule has 1 fully saturated rings. The summed E-state index contributed by atoms with van der Waals surface area (Å²) in [4.78, 5) is 1.12. The second-order valence-corrected chi connectivity index (χ2v) is 5.35. The molecular weight excluding hydrogens is 208 g/mol. The molecule has 1 aliphatic rings. The summed E-state index contributed by atoms with van der Waals surface area (Å²) in [7, 11) is 0. The van der Waals surface area contributed by atoms with E-state index in [1.54, 1.807) is 0 Å². The average Bonchev–Trinajstić information content (AvgIpc) is 2.14. The van der Waals surface area contributed by atoms with E-state index >= 15 is 0 Å². The van der Waals surface area contributed by atoms with Crippen LogP contribution in [0.1, 0.15) is 25.3 Å². The summed E-state index contributed by atoms with van der Waals surface area (Å²) in [5.41, 5.74) is 0.754. The van der Waals surface area contributed by atoms with E-state index in [1.807, 2.05) is 6.92 Å². The predicted molar refractivity (Wildman–Crippen MR) is 61.8 cm³/mol. The molecule has 1 aromatic carbocycles. The molecule has 0 atom stereocenters. The summed E-state index contributed by atoms with van der Waals surface area (Å²) in [6, 6.07) is 8.25. The summed E-state index contributed by atoms with van der Waals surface area (Å²) in [6.07, 6.45) is 1.68. The van der Waals surface area contributed by atoms with E-state index < -0.39 is 5.60 Å². The molecule has 0 aromatic heterocycles. The molecule has 2 rings (SSSR count). The van der Waals surface area contributed by atoms with Crippen LogP contribution in [0.4, 0.5) is 0 Å². The third kappa shape index (κ3) is 2.97. The molecule has 82 valence electrons. The number of hydrogen-bond donors (Lipinski definition) is 1. The summed E-state index contributed by atoms with van der Waals surface area (Å²) in [6.45, 7) is 3.92. The van der Waals surface area contributed by atoms with Crippen LogP contribution in [0.15, 0.2) is 29.2 Å². The molecule has 0 saturated heterocycles. The summed E-state index contributed by atoms with van der Waals surface area (Å²) < 4.78 is 5.60. The lowest BCUT2D eigenvalue weighted by atomic mass is 9.79. The molecule has 0 aliphatic heterocycles. The van der Waals surface area contributed by atoms with Crippen molar-refractivity contribution in [2.75, 3.05) is 0 Å². The predicted octanol–water partition coefficient (Wildman–Crippen LogP) is 2.93. The summed E-state index contributed by atoms with van der Waals surface area (Å²) in [5, 5.41) is 9.53. The van der Waals surface area contributed by atoms with Gasteiger partial charge in [0, 0.05) is 29.8 Å². The van der Waals surface area contributed by atoms with Gasteiger partial charge in [-0.3, -0.25) is 0 Å². The minimum Gasteiger partial charge on any atom is -0.390 e. The number of benzene rings is 1. The van der Waals surface area contributed by atoms with Crippen LogP contribution in [-0.4, -0.2) is 16.8 Å². The Morgan fingerprint density at radius 2 is 1.93 bits per heavy atom. The van der Waals surface area contributed by atoms with Crippen LogP contribution in [0, 0.1) is 6.92 Å². The zero-order valence-corrected chi connectivity index (χ0v) is 9.88. The van der Waals surface area contributed by atoms with Crippen LogP contribution in [0.3, 0.4) is 0 Å². The Hall–Kier alpha value is -0.510. The normalized spacial score (nSPS) is 29.9. The van der Waals surface area contributed by atoms with E-state index in [0.29, 0.717) is 0 Å². The molecule has 0 amide bonds. The van der Waals surface area contributed by atoms with Crippen molar-refractivity contribution in [3.63, 3.8) is 0 Å². The molecule has 0 unspecified atom stereocenters. The fourth-order valence-electron chi connectivity index (χ4n) is 1.71. The minimum absolute atomic E-state index is 0.200. The number of aliphatic hydroxyl groups is 1. The fourth-order valence-corrected chi connectivity index (χ4v) is 2.34. The van der Waals surface area contributed by atoms with E-state index in [0.717, 1.165) is 17.7 Å². The largest absolute Gasteiger partial charge is 0.390 e. The molecule has 0 bridgehead atoms. The highest BCUT2D eigenvalue weighted by molar-refractivity contribution is 7.94. The maximum absolute atomic E-state index is 9.53. The lowest BCUT2D eigenvalue weighted by Crippen LogP contribution is -2.44. The first kappa shape index (κ1) is 11.0. The van der Waals surface area contributed by atoms with Crippen molar-refractivity contribution in [1.82, 2.24) is 0 Å². The summed E-state index contributed by atoms with van der Waals surface area (Å²) in [5.74, 6) is 0. The highest BCUT2D eigenvalue weighted by Gasteiger charge is 2.39. The Bertz CT molecular complexity index is 324. The first-order valence-corrected chi connectivity index (χ1v) is 5.92. The van der Waals surface area contributed by atoms with Gasteiger partial charge in [0.15, 0.2) is 0 Å². The van der Waals surface area contributed by atoms with Gasteiger partial charge in [-0.15, -0.1) is 0 Å². The molecular formula is C12H16O2S. The molecule has 1 saturated carbocycles. The lowest BCUT2D eigenvalue weighted by molar-refractivity contribution is -0.0831. The second-order valence-electron chi connectivity index (χ2n) is 4.52. The van der Waals surface area contributed by atoms with Crippen molar-refractivity contribution >= 4 is 12.0 Å². The van der Waals surface area contributed by atoms with Gasteiger partial charge in [-0.05, 0) is 26.0 Å². The van der Waals surface area contributed by atoms with Crippen molar-refractivity contribution in [2.45, 2.75) is 43.3 Å². The van der Waals surface area contributed by atoms with Crippen LogP contribution >= 0.6 is 12.0 Å². The van der Waals surface area contributed by atoms with Gasteiger partial charge in [-0.25, -0.2) is 0 Å². The van der Waals surface area contributed by atoms with Crippen molar-refractivity contribution in [2.24, 2.45) is 0 Å². The standard InChI is InChI=1S/C12H16O2S/c1-9-3-5-11(6-4-9)15-14-10-7-12(2,13)8-10/h3-6,10,13H,7-8H2,1-2H3. The van der Waals surface area contributed by atoms with Crippen molar-refractivity contribution in [3.05, 3.63) is 29.8 Å². The van der Waals surface area contributed by atoms with Gasteiger partial charge in [0.25, 0.3) is 0 Å². The SMILES string of the molecule is Cc1ccc(SOC2CC(C)(O)C2)cc1. The fraction of sp³-hybridized carbons (Fsp3) is 0.500. The van der Waals surface area contributed by atoms with Gasteiger partial charge in [0.05, 0.1) is 11.7 Å². The zero-order valence-electron chi connectivity index (χ0n) is 9.06. The van der Waals surface area contributed by atoms with E-state index in [9.17, 15) is 5.11 Å². The summed E-state index contributed by atoms with van der Waals surface area (Å²) >= 11 is 1.40. The molecule has 2 nitrogen and oxygen atoms in total. The molecule has 1 aromatic rings. The van der Waals surface area contributed by atoms with Crippen LogP contribution in [0.25, 0.3) is 0 Å². The molecule has 0 radical (unpaired) electrons. The van der Waals surface area contributed by atoms with Crippen LogP contribution < -0.4 is 0 Å². The van der Waals surface area contributed by atoms with Crippen molar-refractivity contribution < 1.29 is 9.29 Å². The molecule has 1 N–H and O–H groups in total. The first-order chi connectivity index (χ1) is 7.05. The van der Waals surface area contributed by atoms with Crippen LogP contribution in [0.5, 0.6) is 0 Å². The third-order valence-corrected chi connectivity index (χ3v) is 3.47. The highest BCUT2D eigenvalue weighted by Crippen LogP contribution is 2.37. The molecule has 3 heteroatoms. The third-order valence-electron chi connectivity index (χ3n) is 2.64. The Kier molecular flexibility index (Phi) is 3.05. The van der Waals surface area contributed by atoms with Crippen LogP contribution in [-0.2, 0) is 4.18 Å². The highest BCUT2D eigenvalue weighted by atomic mass is 32.2. The Labute approximate surface area is 94.9 Å². The van der Waals surface area contributed by atoms with Gasteiger partial charge in [-0.2, -0.15) is 0 Å². The van der Waals surface area contributed by atoms with Crippen LogP contribution in [0.2, 0.25) is 0 Å². The quantitative estimate of drug-likeness (QED) is 0.800. The van der Waals surface area contributed by atoms with Gasteiger partial charge >= 0.3 is 0 Å². The maximum Gasteiger partial charge on any atom is 0.0781 e. The van der Waals surface area contributed by atoms with Crippen molar-refractivity contribution in [1.29, 1.82) is 0 Å². The first-order valence-electron chi connectivity index (χ1n) is 5.18. The molecule has 0 heterocycles. The minimum atomic E-state index is -0.501. The number of aryl methyl sites for hydroxylation is 1.